The van der Waals surface area contributed by atoms with Crippen LogP contribution in [0, 0.1) is 0 Å². The number of nitrogens with one attached hydrogen (secondary N) is 1. The molecule has 340 valence electrons. The molecular formula is C42H58BN3O16. The van der Waals surface area contributed by atoms with Gasteiger partial charge in [0.2, 0.25) is 0 Å². The molecule has 0 aliphatic carbocycles. The van der Waals surface area contributed by atoms with E-state index in [-0.39, 0.29) is 66.1 Å². The Morgan fingerprint density at radius 1 is 0.581 bits per heavy atom. The summed E-state index contributed by atoms with van der Waals surface area (Å²) in [4.78, 5) is 50.1. The third-order valence-corrected chi connectivity index (χ3v) is 9.66. The van der Waals surface area contributed by atoms with Crippen LogP contribution in [0.25, 0.3) is 22.0 Å². The SMILES string of the molecule is COCCOOCCOOCCOOCCOOCCOOCCOc1ccc(B2OC(C)(C)C(C)(C)O2)cc1-c1ccc2c(NCc3ccc(OC)cc3OC)cnnc2c1. The standard InChI is InChI=1S/C42H58BN3O16/c1-41(2)42(3,4)62-43(61-41)33-10-13-39(50-15-17-52-54-19-21-56-58-23-25-60-59-24-22-57-55-20-18-53-51-16-14-47-5)36(27-33)31-9-12-35-37(26-31)46-45-30-38(35)44-29-32-8-11-34(48-6)28-40(32)49-7/h8-13,26-28,30H,14-25,29H2,1-7H3,(H,44,46). The zero-order valence-electron chi connectivity index (χ0n) is 36.5. The predicted molar refractivity (Wildman–Crippen MR) is 224 cm³/mol. The van der Waals surface area contributed by atoms with Gasteiger partial charge in [-0.3, -0.25) is 0 Å². The maximum atomic E-state index is 6.38. The Bertz CT molecular complexity index is 1910. The van der Waals surface area contributed by atoms with Crippen molar-refractivity contribution in [3.63, 3.8) is 0 Å². The van der Waals surface area contributed by atoms with Crippen molar-refractivity contribution in [1.82, 2.24) is 10.2 Å². The van der Waals surface area contributed by atoms with E-state index in [1.54, 1.807) is 27.5 Å². The summed E-state index contributed by atoms with van der Waals surface area (Å²) < 4.78 is 34.8. The fraction of sp³-hybridized carbons (Fsp3) is 0.524. The Labute approximate surface area is 362 Å². The third kappa shape index (κ3) is 14.9. The first kappa shape index (κ1) is 48.8. The summed E-state index contributed by atoms with van der Waals surface area (Å²) in [7, 11) is 4.26. The topological polar surface area (TPSA) is 185 Å². The minimum Gasteiger partial charge on any atom is -0.497 e. The van der Waals surface area contributed by atoms with Gasteiger partial charge >= 0.3 is 7.12 Å². The van der Waals surface area contributed by atoms with Crippen molar-refractivity contribution < 1.29 is 77.1 Å². The molecule has 1 aliphatic rings. The first-order chi connectivity index (χ1) is 30.2. The Kier molecular flexibility index (Phi) is 20.3. The summed E-state index contributed by atoms with van der Waals surface area (Å²) in [6.07, 6.45) is 1.71. The monoisotopic (exact) mass is 871 g/mol. The Morgan fingerprint density at radius 2 is 1.15 bits per heavy atom. The number of hydrogen-bond acceptors (Lipinski definition) is 19. The largest absolute Gasteiger partial charge is 0.497 e. The summed E-state index contributed by atoms with van der Waals surface area (Å²) in [6.45, 7) is 10.9. The molecule has 4 aromatic rings. The van der Waals surface area contributed by atoms with Crippen molar-refractivity contribution in [3.8, 4) is 28.4 Å². The van der Waals surface area contributed by atoms with Crippen molar-refractivity contribution in [2.75, 3.05) is 106 Å². The van der Waals surface area contributed by atoms with Gasteiger partial charge in [0.1, 0.15) is 89.9 Å². The summed E-state index contributed by atoms with van der Waals surface area (Å²) in [5.74, 6) is 2.06. The van der Waals surface area contributed by atoms with Gasteiger partial charge in [-0.1, -0.05) is 18.2 Å². The summed E-state index contributed by atoms with van der Waals surface area (Å²) >= 11 is 0. The normalized spacial score (nSPS) is 14.4. The molecule has 0 amide bonds. The van der Waals surface area contributed by atoms with Crippen LogP contribution < -0.4 is 25.0 Å². The molecule has 0 radical (unpaired) electrons. The van der Waals surface area contributed by atoms with Crippen LogP contribution in [-0.4, -0.2) is 129 Å². The van der Waals surface area contributed by atoms with Gasteiger partial charge in [0.15, 0.2) is 0 Å². The highest BCUT2D eigenvalue weighted by molar-refractivity contribution is 6.62. The van der Waals surface area contributed by atoms with E-state index in [1.807, 2.05) is 82.3 Å². The van der Waals surface area contributed by atoms with Gasteiger partial charge in [-0.2, -0.15) is 10.2 Å². The number of hydrogen-bond donors (Lipinski definition) is 1. The number of fused-ring (bicyclic) bond motifs is 1. The number of rotatable bonds is 31. The number of methoxy groups -OCH3 is 3. The molecule has 0 bridgehead atoms. The lowest BCUT2D eigenvalue weighted by Gasteiger charge is -2.32. The maximum absolute atomic E-state index is 6.38. The van der Waals surface area contributed by atoms with Gasteiger partial charge in [-0.05, 0) is 69.1 Å². The third-order valence-electron chi connectivity index (χ3n) is 9.66. The zero-order valence-corrected chi connectivity index (χ0v) is 36.5. The molecular weight excluding hydrogens is 813 g/mol. The lowest BCUT2D eigenvalue weighted by Crippen LogP contribution is -2.41. The number of anilines is 1. The van der Waals surface area contributed by atoms with E-state index in [2.05, 4.69) is 15.5 Å². The van der Waals surface area contributed by atoms with Crippen LogP contribution in [0.1, 0.15) is 33.3 Å². The van der Waals surface area contributed by atoms with Crippen LogP contribution in [0.2, 0.25) is 0 Å². The minimum atomic E-state index is -0.571. The Balaban J connectivity index is 1.06. The number of benzene rings is 3. The molecule has 0 saturated carbocycles. The molecule has 19 nitrogen and oxygen atoms in total. The van der Waals surface area contributed by atoms with Crippen LogP contribution in [0.4, 0.5) is 5.69 Å². The second kappa shape index (κ2) is 25.8. The summed E-state index contributed by atoms with van der Waals surface area (Å²) in [6, 6.07) is 17.6. The van der Waals surface area contributed by atoms with Crippen molar-refractivity contribution in [2.45, 2.75) is 45.4 Å². The fourth-order valence-electron chi connectivity index (χ4n) is 5.75. The van der Waals surface area contributed by atoms with E-state index in [0.717, 1.165) is 44.7 Å². The van der Waals surface area contributed by atoms with Crippen LogP contribution in [0.5, 0.6) is 17.2 Å². The summed E-state index contributed by atoms with van der Waals surface area (Å²) in [5.41, 5.74) is 3.99. The molecule has 0 atom stereocenters. The smallest absolute Gasteiger partial charge is 0.494 e. The molecule has 1 saturated heterocycles. The average Bonchev–Trinajstić information content (AvgIpc) is 3.50. The van der Waals surface area contributed by atoms with Gasteiger partial charge in [0, 0.05) is 36.2 Å². The highest BCUT2D eigenvalue weighted by Crippen LogP contribution is 2.38. The average molecular weight is 872 g/mol. The number of aromatic nitrogens is 2. The van der Waals surface area contributed by atoms with Gasteiger partial charge in [0.25, 0.3) is 0 Å². The second-order valence-electron chi connectivity index (χ2n) is 14.4. The van der Waals surface area contributed by atoms with Crippen LogP contribution in [0.15, 0.2) is 60.8 Å². The van der Waals surface area contributed by atoms with E-state index >= 15 is 0 Å². The van der Waals surface area contributed by atoms with Crippen LogP contribution in [-0.2, 0) is 69.5 Å². The maximum Gasteiger partial charge on any atom is 0.494 e. The van der Waals surface area contributed by atoms with Crippen LogP contribution in [0.3, 0.4) is 0 Å². The number of ether oxygens (including phenoxy) is 4. The van der Waals surface area contributed by atoms with Crippen LogP contribution >= 0.6 is 0 Å². The molecule has 1 aliphatic heterocycles. The quantitative estimate of drug-likeness (QED) is 0.0308. The molecule has 1 aromatic heterocycles. The molecule has 1 N–H and O–H groups in total. The molecule has 0 spiro atoms. The molecule has 1 fully saturated rings. The van der Waals surface area contributed by atoms with Gasteiger partial charge in [0.05, 0.1) is 49.4 Å². The Morgan fingerprint density at radius 3 is 1.69 bits per heavy atom. The van der Waals surface area contributed by atoms with E-state index in [1.165, 1.54) is 0 Å². The molecule has 5 rings (SSSR count). The van der Waals surface area contributed by atoms with E-state index in [0.29, 0.717) is 31.0 Å². The molecule has 20 heteroatoms. The van der Waals surface area contributed by atoms with Gasteiger partial charge < -0.3 is 33.6 Å². The first-order valence-corrected chi connectivity index (χ1v) is 20.2. The zero-order chi connectivity index (χ0) is 44.0. The predicted octanol–water partition coefficient (Wildman–Crippen LogP) is 4.99. The van der Waals surface area contributed by atoms with Crippen molar-refractivity contribution >= 4 is 29.2 Å². The molecule has 62 heavy (non-hydrogen) atoms. The van der Waals surface area contributed by atoms with Crippen molar-refractivity contribution in [1.29, 1.82) is 0 Å². The number of nitrogens with zero attached hydrogens (tertiary/aromatic N) is 2. The highest BCUT2D eigenvalue weighted by Gasteiger charge is 2.51. The van der Waals surface area contributed by atoms with Gasteiger partial charge in [-0.15, -0.1) is 0 Å². The lowest BCUT2D eigenvalue weighted by atomic mass is 9.77. The fourth-order valence-corrected chi connectivity index (χ4v) is 5.75. The summed E-state index contributed by atoms with van der Waals surface area (Å²) in [5, 5.41) is 13.1. The van der Waals surface area contributed by atoms with Crippen molar-refractivity contribution in [3.05, 3.63) is 66.4 Å². The Hall–Kier alpha value is -4.26. The molecule has 2 heterocycles. The first-order valence-electron chi connectivity index (χ1n) is 20.2. The molecule has 3 aromatic carbocycles. The highest BCUT2D eigenvalue weighted by atomic mass is 17.2. The lowest BCUT2D eigenvalue weighted by molar-refractivity contribution is -0.372. The molecule has 0 unspecified atom stereocenters. The van der Waals surface area contributed by atoms with Gasteiger partial charge in [-0.25, -0.2) is 48.9 Å². The van der Waals surface area contributed by atoms with E-state index < -0.39 is 18.3 Å². The minimum absolute atomic E-state index is 0.121. The second-order valence-corrected chi connectivity index (χ2v) is 14.4. The van der Waals surface area contributed by atoms with E-state index in [4.69, 9.17) is 77.1 Å². The van der Waals surface area contributed by atoms with E-state index in [9.17, 15) is 0 Å². The van der Waals surface area contributed by atoms with Crippen molar-refractivity contribution in [2.24, 2.45) is 0 Å².